The lowest BCUT2D eigenvalue weighted by atomic mass is 9.98. The van der Waals surface area contributed by atoms with E-state index in [1.807, 2.05) is 48.5 Å². The van der Waals surface area contributed by atoms with Gasteiger partial charge in [-0.25, -0.2) is 4.79 Å². The average Bonchev–Trinajstić information content (AvgIpc) is 3.03. The lowest BCUT2D eigenvalue weighted by Crippen LogP contribution is -2.10. The number of ether oxygens (including phenoxy) is 1. The van der Waals surface area contributed by atoms with Crippen molar-refractivity contribution in [1.29, 1.82) is 0 Å². The van der Waals surface area contributed by atoms with E-state index in [-0.39, 0.29) is 0 Å². The van der Waals surface area contributed by atoms with Crippen LogP contribution in [0.3, 0.4) is 0 Å². The molecular weight excluding hydrogens is 502 g/mol. The number of carbonyl (C=O) groups is 1. The molecule has 0 saturated heterocycles. The molecule has 0 bridgehead atoms. The van der Waals surface area contributed by atoms with Crippen LogP contribution in [0.5, 0.6) is 5.75 Å². The summed E-state index contributed by atoms with van der Waals surface area (Å²) in [6.07, 6.45) is 7.58. The van der Waals surface area contributed by atoms with E-state index in [0.717, 1.165) is 39.7 Å². The third-order valence-electron chi connectivity index (χ3n) is 6.64. The predicted octanol–water partition coefficient (Wildman–Crippen LogP) is 9.48. The first-order valence-electron chi connectivity index (χ1n) is 13.5. The summed E-state index contributed by atoms with van der Waals surface area (Å²) in [5, 5.41) is 0. The molecule has 0 atom stereocenters. The fraction of sp³-hybridized carbons (Fsp3) is 0.0263. The van der Waals surface area contributed by atoms with Crippen molar-refractivity contribution < 1.29 is 9.53 Å². The molecule has 0 unspecified atom stereocenters. The molecule has 41 heavy (non-hydrogen) atoms. The van der Waals surface area contributed by atoms with Gasteiger partial charge in [0, 0.05) is 29.2 Å². The highest BCUT2D eigenvalue weighted by molar-refractivity contribution is 5.85. The second kappa shape index (κ2) is 13.1. The van der Waals surface area contributed by atoms with Crippen LogP contribution in [0.25, 0.3) is 17.7 Å². The topological polar surface area (TPSA) is 29.5 Å². The molecule has 0 amide bonds. The monoisotopic (exact) mass is 533 g/mol. The van der Waals surface area contributed by atoms with Crippen LogP contribution in [0.1, 0.15) is 27.8 Å². The maximum Gasteiger partial charge on any atom is 0.335 e. The summed E-state index contributed by atoms with van der Waals surface area (Å²) in [5.41, 5.74) is 8.72. The van der Waals surface area contributed by atoms with Crippen molar-refractivity contribution in [2.24, 2.45) is 0 Å². The van der Waals surface area contributed by atoms with Crippen LogP contribution >= 0.6 is 0 Å². The predicted molar refractivity (Wildman–Crippen MR) is 171 cm³/mol. The van der Waals surface area contributed by atoms with Crippen molar-refractivity contribution in [3.05, 3.63) is 180 Å². The summed E-state index contributed by atoms with van der Waals surface area (Å²) in [6.45, 7) is 5.57. The Balaban J connectivity index is 1.52. The fourth-order valence-electron chi connectivity index (χ4n) is 4.43. The van der Waals surface area contributed by atoms with E-state index in [9.17, 15) is 4.79 Å². The number of para-hydroxylation sites is 1. The van der Waals surface area contributed by atoms with Gasteiger partial charge < -0.3 is 9.64 Å². The zero-order valence-electron chi connectivity index (χ0n) is 23.0. The number of benzene rings is 5. The largest absolute Gasteiger partial charge is 0.423 e. The van der Waals surface area contributed by atoms with Crippen LogP contribution in [0.15, 0.2) is 152 Å². The van der Waals surface area contributed by atoms with Crippen molar-refractivity contribution in [3.63, 3.8) is 0 Å². The highest BCUT2D eigenvalue weighted by Crippen LogP contribution is 2.32. The van der Waals surface area contributed by atoms with Gasteiger partial charge >= 0.3 is 5.97 Å². The van der Waals surface area contributed by atoms with Gasteiger partial charge in [-0.05, 0) is 65.6 Å². The van der Waals surface area contributed by atoms with Gasteiger partial charge in [-0.1, -0.05) is 121 Å². The summed E-state index contributed by atoms with van der Waals surface area (Å²) in [6, 6.07) is 45.2. The molecule has 0 aromatic heterocycles. The first-order chi connectivity index (χ1) is 20.1. The van der Waals surface area contributed by atoms with Gasteiger partial charge in [-0.15, -0.1) is 0 Å². The minimum Gasteiger partial charge on any atom is -0.423 e. The van der Waals surface area contributed by atoms with E-state index in [1.54, 1.807) is 12.1 Å². The summed E-state index contributed by atoms with van der Waals surface area (Å²) in [4.78, 5) is 13.9. The van der Waals surface area contributed by atoms with E-state index in [4.69, 9.17) is 4.74 Å². The molecule has 5 rings (SSSR count). The molecule has 5 aromatic rings. The first-order valence-corrected chi connectivity index (χ1v) is 13.5. The normalized spacial score (nSPS) is 11.3. The molecule has 0 aliphatic rings. The van der Waals surface area contributed by atoms with Gasteiger partial charge in [-0.2, -0.15) is 0 Å². The van der Waals surface area contributed by atoms with Gasteiger partial charge in [0.1, 0.15) is 5.75 Å². The van der Waals surface area contributed by atoms with Crippen LogP contribution < -0.4 is 9.64 Å². The number of esters is 1. The number of anilines is 2. The van der Waals surface area contributed by atoms with Gasteiger partial charge in [0.25, 0.3) is 0 Å². The van der Waals surface area contributed by atoms with E-state index in [0.29, 0.717) is 5.75 Å². The van der Waals surface area contributed by atoms with Crippen LogP contribution in [0.2, 0.25) is 0 Å². The number of carbonyl (C=O) groups excluding carboxylic acids is 1. The fourth-order valence-corrected chi connectivity index (χ4v) is 4.43. The van der Waals surface area contributed by atoms with Gasteiger partial charge in [0.05, 0.1) is 0 Å². The Hall–Kier alpha value is -5.41. The molecule has 3 nitrogen and oxygen atoms in total. The molecule has 5 aromatic carbocycles. The second-order valence-corrected chi connectivity index (χ2v) is 9.60. The van der Waals surface area contributed by atoms with Crippen molar-refractivity contribution in [2.45, 2.75) is 6.92 Å². The summed E-state index contributed by atoms with van der Waals surface area (Å²) in [7, 11) is 0. The molecule has 0 saturated carbocycles. The number of nitrogens with zero attached hydrogens (tertiary/aromatic N) is 1. The Morgan fingerprint density at radius 1 is 0.634 bits per heavy atom. The Morgan fingerprint density at radius 3 is 1.73 bits per heavy atom. The molecule has 0 radical (unpaired) electrons. The number of aryl methyl sites for hydroxylation is 1. The smallest absolute Gasteiger partial charge is 0.335 e. The number of rotatable bonds is 9. The van der Waals surface area contributed by atoms with Crippen LogP contribution in [0, 0.1) is 6.92 Å². The van der Waals surface area contributed by atoms with E-state index < -0.39 is 5.97 Å². The lowest BCUT2D eigenvalue weighted by Gasteiger charge is -2.23. The minimum atomic E-state index is -0.482. The van der Waals surface area contributed by atoms with Crippen molar-refractivity contribution in [3.8, 4) is 5.75 Å². The molecule has 0 fully saturated rings. The molecular formula is C38H31NO2. The number of hydrogen-bond donors (Lipinski definition) is 0. The van der Waals surface area contributed by atoms with Crippen molar-refractivity contribution >= 4 is 35.1 Å². The van der Waals surface area contributed by atoms with Gasteiger partial charge in [0.15, 0.2) is 0 Å². The molecule has 0 spiro atoms. The summed E-state index contributed by atoms with van der Waals surface area (Å²) in [5.74, 6) is -0.00996. The quantitative estimate of drug-likeness (QED) is 0.0818. The van der Waals surface area contributed by atoms with Gasteiger partial charge in [0.2, 0.25) is 0 Å². The van der Waals surface area contributed by atoms with Crippen LogP contribution in [-0.2, 0) is 4.79 Å². The second-order valence-electron chi connectivity index (χ2n) is 9.60. The maximum atomic E-state index is 11.7. The van der Waals surface area contributed by atoms with E-state index >= 15 is 0 Å². The maximum absolute atomic E-state index is 11.7. The zero-order valence-corrected chi connectivity index (χ0v) is 23.0. The Morgan fingerprint density at radius 2 is 1.15 bits per heavy atom. The number of hydrogen-bond acceptors (Lipinski definition) is 3. The SMILES string of the molecule is C=CC(=O)Oc1ccc(/C(=C/N(c2ccccc2)c2ccc(C=Cc3ccc(C)cc3)cc2)c2ccccc2)cc1. The molecule has 0 aliphatic carbocycles. The summed E-state index contributed by atoms with van der Waals surface area (Å²) >= 11 is 0. The first kappa shape index (κ1) is 27.2. The van der Waals surface area contributed by atoms with Crippen LogP contribution in [0.4, 0.5) is 11.4 Å². The third-order valence-corrected chi connectivity index (χ3v) is 6.64. The highest BCUT2D eigenvalue weighted by Gasteiger charge is 2.12. The van der Waals surface area contributed by atoms with Crippen molar-refractivity contribution in [2.75, 3.05) is 4.90 Å². The van der Waals surface area contributed by atoms with E-state index in [2.05, 4.69) is 110 Å². The zero-order chi connectivity index (χ0) is 28.4. The van der Waals surface area contributed by atoms with Crippen molar-refractivity contribution in [1.82, 2.24) is 0 Å². The van der Waals surface area contributed by atoms with Gasteiger partial charge in [-0.3, -0.25) is 0 Å². The lowest BCUT2D eigenvalue weighted by molar-refractivity contribution is -0.128. The average molecular weight is 534 g/mol. The van der Waals surface area contributed by atoms with Crippen LogP contribution in [-0.4, -0.2) is 5.97 Å². The third kappa shape index (κ3) is 7.17. The highest BCUT2D eigenvalue weighted by atomic mass is 16.5. The Labute approximate surface area is 242 Å². The summed E-state index contributed by atoms with van der Waals surface area (Å²) < 4.78 is 5.30. The molecule has 200 valence electrons. The Bertz CT molecular complexity index is 1650. The minimum absolute atomic E-state index is 0.472. The molecule has 3 heteroatoms. The molecule has 0 N–H and O–H groups in total. The molecule has 0 heterocycles. The Kier molecular flexibility index (Phi) is 8.68. The van der Waals surface area contributed by atoms with E-state index in [1.165, 1.54) is 11.1 Å². The molecule has 0 aliphatic heterocycles. The standard InChI is InChI=1S/C38H31NO2/c1-3-38(40)41-36-26-22-33(23-27-36)37(32-10-6-4-7-11-32)28-39(34-12-8-5-9-13-34)35-24-20-31(21-25-35)19-18-30-16-14-29(2)15-17-30/h3-28H,1H2,2H3/b19-18?,37-28+.